The first-order chi connectivity index (χ1) is 19.3. The molecule has 9 heteroatoms. The van der Waals surface area contributed by atoms with Crippen molar-refractivity contribution in [1.82, 2.24) is 9.80 Å². The van der Waals surface area contributed by atoms with Crippen LogP contribution in [-0.4, -0.2) is 86.3 Å². The number of carbonyl (C=O) groups excluding carboxylic acids is 2. The number of aliphatic hydroxyl groups excluding tert-OH is 1. The fourth-order valence-corrected chi connectivity index (χ4v) is 4.96. The third-order valence-corrected chi connectivity index (χ3v) is 7.18. The van der Waals surface area contributed by atoms with Gasteiger partial charge in [-0.15, -0.1) is 0 Å². The number of aliphatic hydroxyl groups is 1. The van der Waals surface area contributed by atoms with E-state index in [1.54, 1.807) is 48.4 Å². The van der Waals surface area contributed by atoms with Gasteiger partial charge in [0.15, 0.2) is 11.5 Å². The molecule has 2 aromatic rings. The van der Waals surface area contributed by atoms with E-state index in [-0.39, 0.29) is 11.3 Å². The molecular formula is C31H40N2O7. The highest BCUT2D eigenvalue weighted by molar-refractivity contribution is 6.46. The van der Waals surface area contributed by atoms with Crippen molar-refractivity contribution in [2.75, 3.05) is 59.7 Å². The number of carbonyl (C=O) groups is 2. The number of amides is 1. The minimum absolute atomic E-state index is 0.0381. The second kappa shape index (κ2) is 13.7. The number of likely N-dealkylation sites (tertiary alicyclic amines) is 1. The minimum Gasteiger partial charge on any atom is -0.507 e. The minimum atomic E-state index is -0.796. The summed E-state index contributed by atoms with van der Waals surface area (Å²) in [5.41, 5.74) is 1.09. The van der Waals surface area contributed by atoms with Crippen LogP contribution in [0.1, 0.15) is 44.4 Å². The van der Waals surface area contributed by atoms with Crippen molar-refractivity contribution < 1.29 is 33.6 Å². The maximum atomic E-state index is 13.5. The Kier molecular flexibility index (Phi) is 10.1. The van der Waals surface area contributed by atoms with Crippen molar-refractivity contribution in [3.8, 4) is 17.2 Å². The molecule has 216 valence electrons. The van der Waals surface area contributed by atoms with Crippen LogP contribution >= 0.6 is 0 Å². The number of ketones is 1. The topological polar surface area (TPSA) is 97.8 Å². The summed E-state index contributed by atoms with van der Waals surface area (Å²) in [5.74, 6) is 0.543. The van der Waals surface area contributed by atoms with Gasteiger partial charge in [0.1, 0.15) is 11.5 Å². The van der Waals surface area contributed by atoms with Gasteiger partial charge in [0.2, 0.25) is 0 Å². The summed E-state index contributed by atoms with van der Waals surface area (Å²) < 4.78 is 22.6. The summed E-state index contributed by atoms with van der Waals surface area (Å²) in [6.45, 7) is 10.8. The van der Waals surface area contributed by atoms with Gasteiger partial charge in [-0.25, -0.2) is 0 Å². The first-order valence-electron chi connectivity index (χ1n) is 14.0. The van der Waals surface area contributed by atoms with E-state index in [1.165, 1.54) is 0 Å². The Bertz CT molecular complexity index is 1220. The molecule has 4 rings (SSSR count). The third kappa shape index (κ3) is 6.77. The zero-order valence-corrected chi connectivity index (χ0v) is 23.9. The second-order valence-electron chi connectivity index (χ2n) is 10.3. The Labute approximate surface area is 236 Å². The molecule has 0 aromatic heterocycles. The van der Waals surface area contributed by atoms with Gasteiger partial charge < -0.3 is 29.0 Å². The molecule has 2 saturated heterocycles. The molecule has 2 aromatic carbocycles. The lowest BCUT2D eigenvalue weighted by molar-refractivity contribution is -0.140. The fourth-order valence-electron chi connectivity index (χ4n) is 4.96. The van der Waals surface area contributed by atoms with Crippen molar-refractivity contribution in [3.63, 3.8) is 0 Å². The van der Waals surface area contributed by atoms with E-state index in [0.717, 1.165) is 19.5 Å². The van der Waals surface area contributed by atoms with Gasteiger partial charge in [-0.3, -0.25) is 14.5 Å². The lowest BCUT2D eigenvalue weighted by Gasteiger charge is -2.31. The standard InChI is InChI=1S/C31H40N2O7/c1-5-39-24-8-6-7-23(19-24)29(34)27-28(22-9-10-25(26(20-22)37-4)40-16-11-21(2)3)33(31(36)30(27)35)13-12-32-14-17-38-18-15-32/h6-10,19-21,28,34H,5,11-18H2,1-4H3/b29-27+. The lowest BCUT2D eigenvalue weighted by Crippen LogP contribution is -2.42. The average Bonchev–Trinajstić information content (AvgIpc) is 3.21. The smallest absolute Gasteiger partial charge is 0.295 e. The van der Waals surface area contributed by atoms with Crippen molar-refractivity contribution in [2.24, 2.45) is 5.92 Å². The van der Waals surface area contributed by atoms with E-state index in [1.807, 2.05) is 13.0 Å². The van der Waals surface area contributed by atoms with Gasteiger partial charge in [0, 0.05) is 31.7 Å². The molecule has 1 unspecified atom stereocenters. The van der Waals surface area contributed by atoms with Gasteiger partial charge in [-0.1, -0.05) is 32.0 Å². The van der Waals surface area contributed by atoms with Crippen molar-refractivity contribution in [1.29, 1.82) is 0 Å². The molecule has 40 heavy (non-hydrogen) atoms. The molecule has 0 spiro atoms. The maximum absolute atomic E-state index is 13.5. The van der Waals surface area contributed by atoms with E-state index in [2.05, 4.69) is 18.7 Å². The Morgan fingerprint density at radius 1 is 1.05 bits per heavy atom. The molecule has 1 amide bonds. The summed E-state index contributed by atoms with van der Waals surface area (Å²) in [5, 5.41) is 11.5. The van der Waals surface area contributed by atoms with Gasteiger partial charge in [0.25, 0.3) is 11.7 Å². The highest BCUT2D eigenvalue weighted by Gasteiger charge is 2.46. The normalized spacial score (nSPS) is 19.3. The molecule has 2 fully saturated rings. The van der Waals surface area contributed by atoms with E-state index < -0.39 is 17.7 Å². The molecule has 9 nitrogen and oxygen atoms in total. The van der Waals surface area contributed by atoms with Crippen LogP contribution in [-0.2, 0) is 14.3 Å². The molecule has 0 saturated carbocycles. The van der Waals surface area contributed by atoms with E-state index in [0.29, 0.717) is 73.8 Å². The third-order valence-electron chi connectivity index (χ3n) is 7.18. The second-order valence-corrected chi connectivity index (χ2v) is 10.3. The zero-order valence-electron chi connectivity index (χ0n) is 23.9. The van der Waals surface area contributed by atoms with Gasteiger partial charge in [-0.05, 0) is 49.1 Å². The lowest BCUT2D eigenvalue weighted by atomic mass is 9.95. The van der Waals surface area contributed by atoms with Crippen LogP contribution in [0, 0.1) is 5.92 Å². The van der Waals surface area contributed by atoms with Crippen LogP contribution in [0.5, 0.6) is 17.2 Å². The molecule has 2 aliphatic rings. The number of ether oxygens (including phenoxy) is 4. The van der Waals surface area contributed by atoms with Crippen LogP contribution in [0.4, 0.5) is 0 Å². The molecule has 1 N–H and O–H groups in total. The molecule has 0 bridgehead atoms. The number of Topliss-reactive ketones (excluding diaryl/α,β-unsaturated/α-hetero) is 1. The first kappa shape index (κ1) is 29.4. The van der Waals surface area contributed by atoms with Gasteiger partial charge >= 0.3 is 0 Å². The Morgan fingerprint density at radius 2 is 1.82 bits per heavy atom. The predicted molar refractivity (Wildman–Crippen MR) is 152 cm³/mol. The SMILES string of the molecule is CCOc1cccc(/C(O)=C2\C(=O)C(=O)N(CCN3CCOCC3)C2c2ccc(OCCC(C)C)c(OC)c2)c1. The number of rotatable bonds is 12. The predicted octanol–water partition coefficient (Wildman–Crippen LogP) is 4.27. The van der Waals surface area contributed by atoms with E-state index in [4.69, 9.17) is 18.9 Å². The van der Waals surface area contributed by atoms with Gasteiger partial charge in [0.05, 0.1) is 45.2 Å². The Balaban J connectivity index is 1.73. The van der Waals surface area contributed by atoms with Crippen molar-refractivity contribution >= 4 is 17.4 Å². The number of morpholine rings is 1. The van der Waals surface area contributed by atoms with Gasteiger partial charge in [-0.2, -0.15) is 0 Å². The largest absolute Gasteiger partial charge is 0.507 e. The van der Waals surface area contributed by atoms with Crippen LogP contribution in [0.25, 0.3) is 5.76 Å². The summed E-state index contributed by atoms with van der Waals surface area (Å²) in [6.07, 6.45) is 0.896. The highest BCUT2D eigenvalue weighted by Crippen LogP contribution is 2.42. The zero-order chi connectivity index (χ0) is 28.6. The molecule has 0 radical (unpaired) electrons. The van der Waals surface area contributed by atoms with Crippen molar-refractivity contribution in [2.45, 2.75) is 33.2 Å². The van der Waals surface area contributed by atoms with Crippen LogP contribution in [0.3, 0.4) is 0 Å². The van der Waals surface area contributed by atoms with Crippen LogP contribution in [0.15, 0.2) is 48.0 Å². The quantitative estimate of drug-likeness (QED) is 0.237. The molecule has 2 heterocycles. The highest BCUT2D eigenvalue weighted by atomic mass is 16.5. The van der Waals surface area contributed by atoms with E-state index >= 15 is 0 Å². The summed E-state index contributed by atoms with van der Waals surface area (Å²) in [7, 11) is 1.56. The number of hydrogen-bond acceptors (Lipinski definition) is 8. The maximum Gasteiger partial charge on any atom is 0.295 e. The Hall–Kier alpha value is -3.56. The van der Waals surface area contributed by atoms with E-state index in [9.17, 15) is 14.7 Å². The number of methoxy groups -OCH3 is 1. The average molecular weight is 553 g/mol. The molecular weight excluding hydrogens is 512 g/mol. The Morgan fingerprint density at radius 3 is 2.52 bits per heavy atom. The van der Waals surface area contributed by atoms with Crippen LogP contribution < -0.4 is 14.2 Å². The first-order valence-corrected chi connectivity index (χ1v) is 14.0. The molecule has 1 atom stereocenters. The summed E-state index contributed by atoms with van der Waals surface area (Å²) in [4.78, 5) is 30.6. The molecule has 0 aliphatic carbocycles. The van der Waals surface area contributed by atoms with Crippen molar-refractivity contribution in [3.05, 3.63) is 59.2 Å². The monoisotopic (exact) mass is 552 g/mol. The summed E-state index contributed by atoms with van der Waals surface area (Å²) >= 11 is 0. The number of benzene rings is 2. The summed E-state index contributed by atoms with van der Waals surface area (Å²) in [6, 6.07) is 11.5. The molecule has 2 aliphatic heterocycles. The number of hydrogen-bond donors (Lipinski definition) is 1. The fraction of sp³-hybridized carbons (Fsp3) is 0.484. The van der Waals surface area contributed by atoms with Crippen LogP contribution in [0.2, 0.25) is 0 Å². The number of nitrogens with zero attached hydrogens (tertiary/aromatic N) is 2.